The van der Waals surface area contributed by atoms with Gasteiger partial charge >= 0.3 is 0 Å². The second-order valence-electron chi connectivity index (χ2n) is 5.42. The maximum atomic E-state index is 6.01. The summed E-state index contributed by atoms with van der Waals surface area (Å²) >= 11 is 0. The zero-order valence-corrected chi connectivity index (χ0v) is 11.4. The first-order chi connectivity index (χ1) is 8.79. The van der Waals surface area contributed by atoms with Crippen molar-refractivity contribution in [2.24, 2.45) is 5.92 Å². The van der Waals surface area contributed by atoms with Crippen LogP contribution in [0.15, 0.2) is 18.5 Å². The third-order valence-electron chi connectivity index (χ3n) is 3.98. The molecule has 1 aliphatic rings. The number of rotatable bonds is 4. The molecule has 1 fully saturated rings. The largest absolute Gasteiger partial charge is 0.398 e. The van der Waals surface area contributed by atoms with Crippen LogP contribution >= 0.6 is 0 Å². The van der Waals surface area contributed by atoms with Gasteiger partial charge in [0.1, 0.15) is 0 Å². The molecule has 3 nitrogen and oxygen atoms in total. The van der Waals surface area contributed by atoms with Gasteiger partial charge in [0.2, 0.25) is 0 Å². The summed E-state index contributed by atoms with van der Waals surface area (Å²) in [7, 11) is 0. The molecule has 1 aromatic rings. The number of anilines is 1. The van der Waals surface area contributed by atoms with E-state index in [1.165, 1.54) is 37.7 Å². The number of hydrogen-bond acceptors (Lipinski definition) is 3. The van der Waals surface area contributed by atoms with Gasteiger partial charge in [0.25, 0.3) is 0 Å². The zero-order chi connectivity index (χ0) is 12.8. The lowest BCUT2D eigenvalue weighted by Gasteiger charge is -2.21. The standard InChI is InChI=1S/C15H25N3/c1-2-18-14-6-4-3-5-12(10-14)9-13-11-17-8-7-15(13)16/h7-8,11-12,14,18H,2-6,9-10H2,1H3,(H2,16,17). The lowest BCUT2D eigenvalue weighted by molar-refractivity contribution is 0.389. The fourth-order valence-electron chi connectivity index (χ4n) is 3.04. The number of nitrogens with zero attached hydrogens (tertiary/aromatic N) is 1. The van der Waals surface area contributed by atoms with Gasteiger partial charge < -0.3 is 11.1 Å². The summed E-state index contributed by atoms with van der Waals surface area (Å²) in [5, 5.41) is 3.61. The molecule has 3 heteroatoms. The van der Waals surface area contributed by atoms with Crippen molar-refractivity contribution in [1.29, 1.82) is 0 Å². The van der Waals surface area contributed by atoms with Gasteiger partial charge in [-0.15, -0.1) is 0 Å². The number of nitrogens with two attached hydrogens (primary N) is 1. The van der Waals surface area contributed by atoms with Crippen LogP contribution in [0.3, 0.4) is 0 Å². The quantitative estimate of drug-likeness (QED) is 0.804. The molecular formula is C15H25N3. The van der Waals surface area contributed by atoms with Crippen molar-refractivity contribution >= 4 is 5.69 Å². The maximum absolute atomic E-state index is 6.01. The van der Waals surface area contributed by atoms with Crippen LogP contribution in [0.5, 0.6) is 0 Å². The minimum Gasteiger partial charge on any atom is -0.398 e. The number of aromatic nitrogens is 1. The van der Waals surface area contributed by atoms with E-state index in [-0.39, 0.29) is 0 Å². The Morgan fingerprint density at radius 3 is 3.00 bits per heavy atom. The molecule has 1 heterocycles. The molecule has 0 radical (unpaired) electrons. The SMILES string of the molecule is CCNC1CCCCC(Cc2cnccc2N)C1. The summed E-state index contributed by atoms with van der Waals surface area (Å²) in [5.74, 6) is 0.753. The first kappa shape index (κ1) is 13.3. The van der Waals surface area contributed by atoms with Crippen LogP contribution in [0.2, 0.25) is 0 Å². The summed E-state index contributed by atoms with van der Waals surface area (Å²) in [6.07, 6.45) is 11.4. The predicted molar refractivity (Wildman–Crippen MR) is 76.4 cm³/mol. The van der Waals surface area contributed by atoms with Gasteiger partial charge in [-0.05, 0) is 43.4 Å². The first-order valence-corrected chi connectivity index (χ1v) is 7.21. The van der Waals surface area contributed by atoms with E-state index in [1.807, 2.05) is 12.3 Å². The number of pyridine rings is 1. The molecule has 1 aromatic heterocycles. The summed E-state index contributed by atoms with van der Waals surface area (Å²) in [6.45, 7) is 3.27. The minimum atomic E-state index is 0.695. The normalized spacial score (nSPS) is 24.7. The molecule has 2 atom stereocenters. The highest BCUT2D eigenvalue weighted by atomic mass is 14.9. The van der Waals surface area contributed by atoms with Gasteiger partial charge in [-0.25, -0.2) is 0 Å². The van der Waals surface area contributed by atoms with Crippen molar-refractivity contribution < 1.29 is 0 Å². The zero-order valence-electron chi connectivity index (χ0n) is 11.4. The van der Waals surface area contributed by atoms with Gasteiger partial charge in [-0.1, -0.05) is 26.2 Å². The molecular weight excluding hydrogens is 222 g/mol. The Labute approximate surface area is 110 Å². The molecule has 3 N–H and O–H groups in total. The van der Waals surface area contributed by atoms with E-state index >= 15 is 0 Å². The molecule has 1 aliphatic carbocycles. The fraction of sp³-hybridized carbons (Fsp3) is 0.667. The Hall–Kier alpha value is -1.09. The van der Waals surface area contributed by atoms with E-state index in [2.05, 4.69) is 17.2 Å². The van der Waals surface area contributed by atoms with Crippen molar-refractivity contribution in [3.63, 3.8) is 0 Å². The lowest BCUT2D eigenvalue weighted by Crippen LogP contribution is -2.30. The van der Waals surface area contributed by atoms with Crippen molar-refractivity contribution in [2.75, 3.05) is 12.3 Å². The Balaban J connectivity index is 1.97. The minimum absolute atomic E-state index is 0.695. The third kappa shape index (κ3) is 3.70. The van der Waals surface area contributed by atoms with Crippen LogP contribution in [0.1, 0.15) is 44.6 Å². The van der Waals surface area contributed by atoms with Crippen LogP contribution in [0.4, 0.5) is 5.69 Å². The highest BCUT2D eigenvalue weighted by Crippen LogP contribution is 2.27. The molecule has 0 aliphatic heterocycles. The van der Waals surface area contributed by atoms with Gasteiger partial charge in [0.05, 0.1) is 0 Å². The van der Waals surface area contributed by atoms with Gasteiger partial charge in [-0.2, -0.15) is 0 Å². The molecule has 18 heavy (non-hydrogen) atoms. The first-order valence-electron chi connectivity index (χ1n) is 7.21. The number of hydrogen-bond donors (Lipinski definition) is 2. The highest BCUT2D eigenvalue weighted by molar-refractivity contribution is 5.44. The molecule has 1 saturated carbocycles. The summed E-state index contributed by atoms with van der Waals surface area (Å²) in [5.41, 5.74) is 8.13. The number of nitrogen functional groups attached to an aromatic ring is 1. The van der Waals surface area contributed by atoms with E-state index < -0.39 is 0 Å². The maximum Gasteiger partial charge on any atom is 0.0377 e. The van der Waals surface area contributed by atoms with Crippen molar-refractivity contribution in [1.82, 2.24) is 10.3 Å². The molecule has 0 amide bonds. The average Bonchev–Trinajstić information content (AvgIpc) is 2.58. The van der Waals surface area contributed by atoms with E-state index in [0.29, 0.717) is 6.04 Å². The van der Waals surface area contributed by atoms with E-state index in [9.17, 15) is 0 Å². The second kappa shape index (κ2) is 6.74. The van der Waals surface area contributed by atoms with Crippen LogP contribution in [0.25, 0.3) is 0 Å². The van der Waals surface area contributed by atoms with Gasteiger partial charge in [-0.3, -0.25) is 4.98 Å². The second-order valence-corrected chi connectivity index (χ2v) is 5.42. The Bertz CT molecular complexity index is 365. The van der Waals surface area contributed by atoms with Crippen LogP contribution in [-0.4, -0.2) is 17.6 Å². The van der Waals surface area contributed by atoms with E-state index in [0.717, 1.165) is 24.6 Å². The Morgan fingerprint density at radius 1 is 1.39 bits per heavy atom. The van der Waals surface area contributed by atoms with Crippen molar-refractivity contribution in [3.8, 4) is 0 Å². The fourth-order valence-corrected chi connectivity index (χ4v) is 3.04. The van der Waals surface area contributed by atoms with Gasteiger partial charge in [0, 0.05) is 24.1 Å². The smallest absolute Gasteiger partial charge is 0.0377 e. The highest BCUT2D eigenvalue weighted by Gasteiger charge is 2.20. The van der Waals surface area contributed by atoms with Crippen LogP contribution in [0, 0.1) is 5.92 Å². The Morgan fingerprint density at radius 2 is 2.22 bits per heavy atom. The van der Waals surface area contributed by atoms with Crippen LogP contribution < -0.4 is 11.1 Å². The molecule has 2 unspecified atom stereocenters. The van der Waals surface area contributed by atoms with Gasteiger partial charge in [0.15, 0.2) is 0 Å². The van der Waals surface area contributed by atoms with E-state index in [4.69, 9.17) is 5.73 Å². The summed E-state index contributed by atoms with van der Waals surface area (Å²) in [4.78, 5) is 4.19. The monoisotopic (exact) mass is 247 g/mol. The lowest BCUT2D eigenvalue weighted by atomic mass is 9.91. The molecule has 0 saturated heterocycles. The Kier molecular flexibility index (Phi) is 5.00. The molecule has 0 aromatic carbocycles. The van der Waals surface area contributed by atoms with Crippen molar-refractivity contribution in [3.05, 3.63) is 24.0 Å². The third-order valence-corrected chi connectivity index (χ3v) is 3.98. The molecule has 2 rings (SSSR count). The van der Waals surface area contributed by atoms with Crippen LogP contribution in [-0.2, 0) is 6.42 Å². The topological polar surface area (TPSA) is 50.9 Å². The van der Waals surface area contributed by atoms with E-state index in [1.54, 1.807) is 6.20 Å². The molecule has 0 bridgehead atoms. The number of nitrogens with one attached hydrogen (secondary N) is 1. The van der Waals surface area contributed by atoms with Crippen molar-refractivity contribution in [2.45, 2.75) is 51.5 Å². The molecule has 0 spiro atoms. The summed E-state index contributed by atoms with van der Waals surface area (Å²) < 4.78 is 0. The predicted octanol–water partition coefficient (Wildman–Crippen LogP) is 2.76. The summed E-state index contributed by atoms with van der Waals surface area (Å²) in [6, 6.07) is 2.61. The molecule has 100 valence electrons. The average molecular weight is 247 g/mol.